The summed E-state index contributed by atoms with van der Waals surface area (Å²) in [5.41, 5.74) is 2.24. The van der Waals surface area contributed by atoms with E-state index >= 15 is 0 Å². The van der Waals surface area contributed by atoms with Crippen molar-refractivity contribution in [2.75, 3.05) is 13.2 Å². The van der Waals surface area contributed by atoms with Gasteiger partial charge in [-0.05, 0) is 35.4 Å². The second-order valence-corrected chi connectivity index (χ2v) is 6.84. The fourth-order valence-corrected chi connectivity index (χ4v) is 3.67. The predicted octanol–water partition coefficient (Wildman–Crippen LogP) is 1.29. The molecule has 0 aromatic heterocycles. The van der Waals surface area contributed by atoms with Gasteiger partial charge >= 0.3 is 11.9 Å². The number of hydrogen-bond donors (Lipinski definition) is 1. The van der Waals surface area contributed by atoms with Crippen molar-refractivity contribution in [2.45, 2.75) is 0 Å². The third-order valence-corrected chi connectivity index (χ3v) is 5.00. The van der Waals surface area contributed by atoms with Gasteiger partial charge in [-0.25, -0.2) is 9.59 Å². The zero-order chi connectivity index (χ0) is 20.7. The van der Waals surface area contributed by atoms with Gasteiger partial charge in [0.15, 0.2) is 0 Å². The van der Waals surface area contributed by atoms with Gasteiger partial charge in [-0.3, -0.25) is 0 Å². The average molecular weight is 400 g/mol. The van der Waals surface area contributed by atoms with Crippen molar-refractivity contribution in [3.8, 4) is 17.2 Å². The summed E-state index contributed by atoms with van der Waals surface area (Å²) in [4.78, 5) is 25.1. The van der Waals surface area contributed by atoms with E-state index in [1.165, 1.54) is 0 Å². The maximum Gasteiger partial charge on any atom is 0.344 e. The van der Waals surface area contributed by atoms with Gasteiger partial charge in [0.2, 0.25) is 0 Å². The van der Waals surface area contributed by atoms with Crippen LogP contribution in [-0.4, -0.2) is 30.3 Å². The standard InChI is InChI=1S/C24H16O6/c25-10-11-28-16-8-6-15(7-9-16)22-18-13-19-17(12-20(18)30-24(22)27)21(23(26)29-19)14-4-2-1-3-5-14/h1-9,12-13,25H,10-11H2. The Morgan fingerprint density at radius 1 is 0.733 bits per heavy atom. The first-order chi connectivity index (χ1) is 14.7. The normalized spacial score (nSPS) is 14.3. The zero-order valence-electron chi connectivity index (χ0n) is 15.8. The maximum atomic E-state index is 12.6. The highest BCUT2D eigenvalue weighted by Crippen LogP contribution is 2.27. The molecule has 2 heterocycles. The Hall–Kier alpha value is -3.90. The Kier molecular flexibility index (Phi) is 4.34. The van der Waals surface area contributed by atoms with Gasteiger partial charge in [0.05, 0.1) is 17.8 Å². The van der Waals surface area contributed by atoms with E-state index in [4.69, 9.17) is 19.3 Å². The summed E-state index contributed by atoms with van der Waals surface area (Å²) < 4.78 is 16.3. The molecule has 0 atom stereocenters. The van der Waals surface area contributed by atoms with Gasteiger partial charge < -0.3 is 19.3 Å². The van der Waals surface area contributed by atoms with Crippen molar-refractivity contribution in [3.63, 3.8) is 0 Å². The summed E-state index contributed by atoms with van der Waals surface area (Å²) in [5, 5.41) is 10.0. The van der Waals surface area contributed by atoms with E-state index in [-0.39, 0.29) is 13.2 Å². The molecule has 6 heteroatoms. The molecule has 0 saturated carbocycles. The van der Waals surface area contributed by atoms with E-state index in [0.29, 0.717) is 44.4 Å². The largest absolute Gasteiger partial charge is 0.491 e. The molecular weight excluding hydrogens is 384 g/mol. The summed E-state index contributed by atoms with van der Waals surface area (Å²) in [5.74, 6) is 0.478. The molecule has 1 N–H and O–H groups in total. The first-order valence-corrected chi connectivity index (χ1v) is 9.42. The number of benzene rings is 3. The van der Waals surface area contributed by atoms with Crippen LogP contribution in [0.5, 0.6) is 17.2 Å². The molecule has 0 radical (unpaired) electrons. The molecule has 148 valence electrons. The number of ether oxygens (including phenoxy) is 3. The van der Waals surface area contributed by atoms with Crippen LogP contribution >= 0.6 is 0 Å². The fourth-order valence-electron chi connectivity index (χ4n) is 3.67. The highest BCUT2D eigenvalue weighted by Gasteiger charge is 2.30. The van der Waals surface area contributed by atoms with E-state index < -0.39 is 11.9 Å². The third kappa shape index (κ3) is 2.94. The summed E-state index contributed by atoms with van der Waals surface area (Å²) in [6, 6.07) is 19.5. The minimum atomic E-state index is -0.467. The van der Waals surface area contributed by atoms with Crippen LogP contribution in [-0.2, 0) is 9.59 Å². The van der Waals surface area contributed by atoms with Gasteiger partial charge in [-0.15, -0.1) is 0 Å². The minimum absolute atomic E-state index is 0.0787. The molecule has 0 saturated heterocycles. The SMILES string of the molecule is O=C1Oc2cc3c(cc2=C1c1ccccc1)OC(=O)C=3c1ccc(OCCO)cc1. The van der Waals surface area contributed by atoms with Crippen molar-refractivity contribution >= 4 is 23.1 Å². The van der Waals surface area contributed by atoms with Crippen LogP contribution in [0, 0.1) is 0 Å². The number of aliphatic hydroxyl groups is 1. The second-order valence-electron chi connectivity index (χ2n) is 6.84. The van der Waals surface area contributed by atoms with Crippen molar-refractivity contribution in [2.24, 2.45) is 0 Å². The molecule has 6 nitrogen and oxygen atoms in total. The number of esters is 2. The molecular formula is C24H16O6. The number of carbonyl (C=O) groups is 2. The summed E-state index contributed by atoms with van der Waals surface area (Å²) in [7, 11) is 0. The summed E-state index contributed by atoms with van der Waals surface area (Å²) in [6.07, 6.45) is 0. The Morgan fingerprint density at radius 3 is 1.80 bits per heavy atom. The molecule has 0 aliphatic carbocycles. The van der Waals surface area contributed by atoms with Gasteiger partial charge in [0.1, 0.15) is 23.9 Å². The van der Waals surface area contributed by atoms with Crippen molar-refractivity contribution in [3.05, 3.63) is 88.3 Å². The van der Waals surface area contributed by atoms with Crippen LogP contribution in [0.3, 0.4) is 0 Å². The predicted molar refractivity (Wildman–Crippen MR) is 107 cm³/mol. The van der Waals surface area contributed by atoms with Crippen molar-refractivity contribution < 1.29 is 28.9 Å². The Balaban J connectivity index is 1.65. The van der Waals surface area contributed by atoms with E-state index in [1.807, 2.05) is 30.3 Å². The highest BCUT2D eigenvalue weighted by molar-refractivity contribution is 6.21. The van der Waals surface area contributed by atoms with Crippen LogP contribution in [0.4, 0.5) is 0 Å². The average Bonchev–Trinajstić information content (AvgIpc) is 3.25. The van der Waals surface area contributed by atoms with Gasteiger partial charge in [-0.1, -0.05) is 42.5 Å². The van der Waals surface area contributed by atoms with E-state index in [9.17, 15) is 9.59 Å². The Morgan fingerprint density at radius 2 is 1.27 bits per heavy atom. The molecule has 5 rings (SSSR count). The Bertz CT molecular complexity index is 1290. The second kappa shape index (κ2) is 7.17. The molecule has 0 fully saturated rings. The minimum Gasteiger partial charge on any atom is -0.491 e. The number of rotatable bonds is 5. The molecule has 2 aliphatic heterocycles. The summed E-state index contributed by atoms with van der Waals surface area (Å²) in [6.45, 7) is 0.114. The van der Waals surface area contributed by atoms with Gasteiger partial charge in [-0.2, -0.15) is 0 Å². The van der Waals surface area contributed by atoms with Gasteiger partial charge in [0, 0.05) is 10.4 Å². The number of fused-ring (bicyclic) bond motifs is 2. The number of aliphatic hydroxyl groups excluding tert-OH is 1. The Labute approximate surface area is 171 Å². The number of hydrogen-bond acceptors (Lipinski definition) is 6. The zero-order valence-corrected chi connectivity index (χ0v) is 15.8. The van der Waals surface area contributed by atoms with Crippen LogP contribution in [0.2, 0.25) is 0 Å². The van der Waals surface area contributed by atoms with Crippen LogP contribution < -0.4 is 24.6 Å². The smallest absolute Gasteiger partial charge is 0.344 e. The van der Waals surface area contributed by atoms with Crippen LogP contribution in [0.1, 0.15) is 11.1 Å². The first-order valence-electron chi connectivity index (χ1n) is 9.42. The number of carbonyl (C=O) groups excluding carboxylic acids is 2. The van der Waals surface area contributed by atoms with Crippen LogP contribution in [0.25, 0.3) is 11.1 Å². The van der Waals surface area contributed by atoms with E-state index in [2.05, 4.69) is 0 Å². The van der Waals surface area contributed by atoms with Crippen molar-refractivity contribution in [1.29, 1.82) is 0 Å². The fraction of sp³-hybridized carbons (Fsp3) is 0.0833. The van der Waals surface area contributed by atoms with E-state index in [0.717, 1.165) is 5.56 Å². The molecule has 0 spiro atoms. The lowest BCUT2D eigenvalue weighted by Gasteiger charge is -2.05. The van der Waals surface area contributed by atoms with Crippen molar-refractivity contribution in [1.82, 2.24) is 0 Å². The topological polar surface area (TPSA) is 82.1 Å². The molecule has 0 unspecified atom stereocenters. The monoisotopic (exact) mass is 400 g/mol. The van der Waals surface area contributed by atoms with E-state index in [1.54, 1.807) is 36.4 Å². The maximum absolute atomic E-state index is 12.6. The lowest BCUT2D eigenvalue weighted by atomic mass is 10.0. The lowest BCUT2D eigenvalue weighted by Crippen LogP contribution is -2.11. The quantitative estimate of drug-likeness (QED) is 0.514. The highest BCUT2D eigenvalue weighted by atomic mass is 16.5. The molecule has 30 heavy (non-hydrogen) atoms. The molecule has 0 amide bonds. The van der Waals surface area contributed by atoms with Gasteiger partial charge in [0.25, 0.3) is 0 Å². The molecule has 2 aliphatic rings. The molecule has 3 aromatic carbocycles. The molecule has 0 bridgehead atoms. The first kappa shape index (κ1) is 18.1. The van der Waals surface area contributed by atoms with Crippen LogP contribution in [0.15, 0.2) is 66.7 Å². The lowest BCUT2D eigenvalue weighted by molar-refractivity contribution is -0.128. The molecule has 3 aromatic rings. The summed E-state index contributed by atoms with van der Waals surface area (Å²) >= 11 is 0. The third-order valence-electron chi connectivity index (χ3n) is 5.00.